The third-order valence-electron chi connectivity index (χ3n) is 5.42. The monoisotopic (exact) mass is 398 g/mol. The van der Waals surface area contributed by atoms with Gasteiger partial charge in [0.15, 0.2) is 6.10 Å². The van der Waals surface area contributed by atoms with E-state index in [9.17, 15) is 4.79 Å². The van der Waals surface area contributed by atoms with Crippen molar-refractivity contribution in [2.45, 2.75) is 19.4 Å². The Bertz CT molecular complexity index is 929. The Labute approximate surface area is 167 Å². The molecule has 8 heteroatoms. The zero-order chi connectivity index (χ0) is 19.1. The molecule has 4 heterocycles. The predicted octanol–water partition coefficient (Wildman–Crippen LogP) is 2.60. The number of piperazine rings is 1. The summed E-state index contributed by atoms with van der Waals surface area (Å²) in [7, 11) is 0. The SMILES string of the molecule is Cc1cc(C2=Cc3c(N4CCN(C(=O)OC5COC5)CC4)ccnc3C2)sn1. The summed E-state index contributed by atoms with van der Waals surface area (Å²) in [4.78, 5) is 22.2. The number of anilines is 1. The molecule has 28 heavy (non-hydrogen) atoms. The van der Waals surface area contributed by atoms with Gasteiger partial charge in [0.1, 0.15) is 0 Å². The fourth-order valence-corrected chi connectivity index (χ4v) is 4.55. The lowest BCUT2D eigenvalue weighted by Gasteiger charge is -2.37. The predicted molar refractivity (Wildman–Crippen MR) is 108 cm³/mol. The molecule has 2 aromatic rings. The molecule has 0 atom stereocenters. The zero-order valence-electron chi connectivity index (χ0n) is 15.8. The number of aromatic nitrogens is 2. The number of fused-ring (bicyclic) bond motifs is 1. The van der Waals surface area contributed by atoms with E-state index in [1.807, 2.05) is 13.1 Å². The van der Waals surface area contributed by atoms with Gasteiger partial charge in [-0.25, -0.2) is 4.79 Å². The molecule has 7 nitrogen and oxygen atoms in total. The summed E-state index contributed by atoms with van der Waals surface area (Å²) in [6, 6.07) is 4.22. The zero-order valence-corrected chi connectivity index (χ0v) is 16.6. The minimum absolute atomic E-state index is 0.0760. The third kappa shape index (κ3) is 3.27. The molecule has 2 aliphatic heterocycles. The number of carbonyl (C=O) groups excluding carboxylic acids is 1. The molecule has 0 saturated carbocycles. The van der Waals surface area contributed by atoms with Crippen molar-refractivity contribution in [2.75, 3.05) is 44.3 Å². The van der Waals surface area contributed by atoms with Crippen molar-refractivity contribution in [3.05, 3.63) is 40.2 Å². The van der Waals surface area contributed by atoms with Crippen LogP contribution in [0.1, 0.15) is 21.8 Å². The van der Waals surface area contributed by atoms with E-state index in [2.05, 4.69) is 32.5 Å². The summed E-state index contributed by atoms with van der Waals surface area (Å²) < 4.78 is 14.9. The second-order valence-electron chi connectivity index (χ2n) is 7.39. The van der Waals surface area contributed by atoms with Crippen LogP contribution in [-0.4, -0.2) is 65.8 Å². The van der Waals surface area contributed by atoms with Crippen molar-refractivity contribution >= 4 is 35.0 Å². The molecule has 0 radical (unpaired) electrons. The molecule has 0 unspecified atom stereocenters. The lowest BCUT2D eigenvalue weighted by molar-refractivity contribution is -0.104. The average molecular weight is 398 g/mol. The first-order valence-corrected chi connectivity index (χ1v) is 10.3. The van der Waals surface area contributed by atoms with Crippen LogP contribution in [0.25, 0.3) is 11.6 Å². The maximum atomic E-state index is 12.2. The van der Waals surface area contributed by atoms with E-state index < -0.39 is 0 Å². The first-order chi connectivity index (χ1) is 13.7. The summed E-state index contributed by atoms with van der Waals surface area (Å²) >= 11 is 1.55. The Balaban J connectivity index is 1.29. The maximum absolute atomic E-state index is 12.2. The molecule has 1 amide bonds. The number of allylic oxidation sites excluding steroid dienone is 1. The average Bonchev–Trinajstić information content (AvgIpc) is 3.30. The second-order valence-corrected chi connectivity index (χ2v) is 8.19. The molecule has 0 bridgehead atoms. The van der Waals surface area contributed by atoms with E-state index in [4.69, 9.17) is 9.47 Å². The molecule has 0 aromatic carbocycles. The summed E-state index contributed by atoms with van der Waals surface area (Å²) in [5.41, 5.74) is 5.85. The number of aryl methyl sites for hydroxylation is 1. The van der Waals surface area contributed by atoms with Crippen LogP contribution in [0.5, 0.6) is 0 Å². The van der Waals surface area contributed by atoms with Crippen LogP contribution in [0.15, 0.2) is 18.3 Å². The van der Waals surface area contributed by atoms with Crippen LogP contribution in [0.2, 0.25) is 0 Å². The number of carbonyl (C=O) groups is 1. The van der Waals surface area contributed by atoms with Gasteiger partial charge in [-0.05, 0) is 42.2 Å². The van der Waals surface area contributed by atoms with Gasteiger partial charge in [-0.1, -0.05) is 0 Å². The van der Waals surface area contributed by atoms with Gasteiger partial charge in [0.25, 0.3) is 0 Å². The van der Waals surface area contributed by atoms with E-state index in [0.29, 0.717) is 26.3 Å². The molecule has 5 rings (SSSR count). The number of nitrogens with zero attached hydrogens (tertiary/aromatic N) is 4. The first-order valence-electron chi connectivity index (χ1n) is 9.58. The van der Waals surface area contributed by atoms with Crippen LogP contribution in [-0.2, 0) is 15.9 Å². The van der Waals surface area contributed by atoms with Crippen molar-refractivity contribution in [1.29, 1.82) is 0 Å². The molecule has 146 valence electrons. The fraction of sp³-hybridized carbons (Fsp3) is 0.450. The van der Waals surface area contributed by atoms with Crippen molar-refractivity contribution in [3.8, 4) is 0 Å². The van der Waals surface area contributed by atoms with Gasteiger partial charge < -0.3 is 19.3 Å². The van der Waals surface area contributed by atoms with Gasteiger partial charge in [-0.3, -0.25) is 4.98 Å². The van der Waals surface area contributed by atoms with Gasteiger partial charge in [0, 0.05) is 50.0 Å². The molecule has 1 aliphatic carbocycles. The third-order valence-corrected chi connectivity index (χ3v) is 6.38. The highest BCUT2D eigenvalue weighted by Crippen LogP contribution is 2.37. The van der Waals surface area contributed by atoms with Crippen LogP contribution in [0, 0.1) is 6.92 Å². The number of hydrogen-bond donors (Lipinski definition) is 0. The van der Waals surface area contributed by atoms with E-state index in [-0.39, 0.29) is 12.2 Å². The highest BCUT2D eigenvalue weighted by atomic mass is 32.1. The van der Waals surface area contributed by atoms with E-state index in [1.165, 1.54) is 21.7 Å². The van der Waals surface area contributed by atoms with Gasteiger partial charge in [-0.15, -0.1) is 0 Å². The van der Waals surface area contributed by atoms with Gasteiger partial charge in [-0.2, -0.15) is 4.37 Å². The van der Waals surface area contributed by atoms with E-state index in [0.717, 1.165) is 30.9 Å². The number of amides is 1. The largest absolute Gasteiger partial charge is 0.441 e. The molecular weight excluding hydrogens is 376 g/mol. The van der Waals surface area contributed by atoms with Gasteiger partial charge in [0.2, 0.25) is 0 Å². The Morgan fingerprint density at radius 3 is 2.79 bits per heavy atom. The lowest BCUT2D eigenvalue weighted by atomic mass is 10.1. The Kier molecular flexibility index (Phi) is 4.52. The summed E-state index contributed by atoms with van der Waals surface area (Å²) in [5.74, 6) is 0. The summed E-state index contributed by atoms with van der Waals surface area (Å²) in [6.07, 6.45) is 4.69. The minimum atomic E-state index is -0.226. The van der Waals surface area contributed by atoms with Crippen molar-refractivity contribution < 1.29 is 14.3 Å². The molecule has 0 N–H and O–H groups in total. The van der Waals surface area contributed by atoms with Gasteiger partial charge in [0.05, 0.1) is 29.5 Å². The smallest absolute Gasteiger partial charge is 0.410 e. The number of rotatable bonds is 3. The van der Waals surface area contributed by atoms with Crippen LogP contribution in [0.3, 0.4) is 0 Å². The quantitative estimate of drug-likeness (QED) is 0.792. The maximum Gasteiger partial charge on any atom is 0.410 e. The van der Waals surface area contributed by atoms with Crippen molar-refractivity contribution in [1.82, 2.24) is 14.3 Å². The molecule has 2 fully saturated rings. The molecule has 3 aliphatic rings. The highest BCUT2D eigenvalue weighted by molar-refractivity contribution is 7.07. The number of ether oxygens (including phenoxy) is 2. The highest BCUT2D eigenvalue weighted by Gasteiger charge is 2.29. The Hall–Kier alpha value is -2.45. The summed E-state index contributed by atoms with van der Waals surface area (Å²) in [5, 5.41) is 0. The van der Waals surface area contributed by atoms with Gasteiger partial charge >= 0.3 is 6.09 Å². The van der Waals surface area contributed by atoms with Crippen molar-refractivity contribution in [3.63, 3.8) is 0 Å². The number of pyridine rings is 1. The Morgan fingerprint density at radius 2 is 2.11 bits per heavy atom. The van der Waals surface area contributed by atoms with E-state index >= 15 is 0 Å². The van der Waals surface area contributed by atoms with E-state index in [1.54, 1.807) is 16.4 Å². The minimum Gasteiger partial charge on any atom is -0.441 e. The Morgan fingerprint density at radius 1 is 1.29 bits per heavy atom. The van der Waals surface area contributed by atoms with Crippen LogP contribution in [0.4, 0.5) is 10.5 Å². The lowest BCUT2D eigenvalue weighted by Crippen LogP contribution is -2.51. The van der Waals surface area contributed by atoms with Crippen molar-refractivity contribution in [2.24, 2.45) is 0 Å². The molecule has 2 saturated heterocycles. The molecule has 2 aromatic heterocycles. The van der Waals surface area contributed by atoms with Crippen LogP contribution < -0.4 is 4.90 Å². The number of hydrogen-bond acceptors (Lipinski definition) is 7. The fourth-order valence-electron chi connectivity index (χ4n) is 3.79. The first kappa shape index (κ1) is 17.6. The second kappa shape index (κ2) is 7.18. The standard InChI is InChI=1S/C20H22N4O3S/c1-13-8-19(28-22-13)14-9-16-17(10-14)21-3-2-18(16)23-4-6-24(7-5-23)20(25)27-15-11-26-12-15/h2-3,8-9,15H,4-7,10-12H2,1H3. The normalized spacial score (nSPS) is 19.2. The molecular formula is C20H22N4O3S. The topological polar surface area (TPSA) is 67.8 Å². The molecule has 0 spiro atoms. The van der Waals surface area contributed by atoms with Crippen LogP contribution >= 0.6 is 11.5 Å². The summed E-state index contributed by atoms with van der Waals surface area (Å²) in [6.45, 7) is 5.95.